The van der Waals surface area contributed by atoms with E-state index in [1.807, 2.05) is 6.08 Å². The molecule has 0 atom stereocenters. The van der Waals surface area contributed by atoms with E-state index in [0.29, 0.717) is 0 Å². The largest absolute Gasteiger partial charge is 0.310 e. The molecule has 0 amide bonds. The van der Waals surface area contributed by atoms with E-state index in [-0.39, 0.29) is 5.41 Å². The molecule has 0 aliphatic heterocycles. The average molecular weight is 694 g/mol. The molecule has 1 heteroatoms. The van der Waals surface area contributed by atoms with Crippen molar-refractivity contribution in [3.63, 3.8) is 0 Å². The third-order valence-electron chi connectivity index (χ3n) is 12.6. The lowest BCUT2D eigenvalue weighted by Crippen LogP contribution is -2.26. The van der Waals surface area contributed by atoms with Crippen molar-refractivity contribution in [3.05, 3.63) is 221 Å². The van der Waals surface area contributed by atoms with E-state index in [1.54, 1.807) is 0 Å². The van der Waals surface area contributed by atoms with Crippen LogP contribution in [0.25, 0.3) is 33.4 Å². The first-order chi connectivity index (χ1) is 26.4. The van der Waals surface area contributed by atoms with Crippen molar-refractivity contribution >= 4 is 28.2 Å². The molecule has 260 valence electrons. The number of rotatable bonds is 6. The summed E-state index contributed by atoms with van der Waals surface area (Å²) >= 11 is 0. The van der Waals surface area contributed by atoms with E-state index in [4.69, 9.17) is 0 Å². The first-order valence-electron chi connectivity index (χ1n) is 19.3. The van der Waals surface area contributed by atoms with E-state index < -0.39 is 5.41 Å². The van der Waals surface area contributed by atoms with E-state index in [0.717, 1.165) is 24.2 Å². The lowest BCUT2D eigenvalue weighted by atomic mass is 9.70. The minimum Gasteiger partial charge on any atom is -0.310 e. The van der Waals surface area contributed by atoms with Gasteiger partial charge in [0.05, 0.1) is 5.41 Å². The molecule has 0 bridgehead atoms. The summed E-state index contributed by atoms with van der Waals surface area (Å²) in [6.45, 7) is 11.2. The Balaban J connectivity index is 1.22. The van der Waals surface area contributed by atoms with Crippen molar-refractivity contribution in [2.45, 2.75) is 44.4 Å². The molecular weight excluding hydrogens is 651 g/mol. The summed E-state index contributed by atoms with van der Waals surface area (Å²) in [4.78, 5) is 2.49. The Morgan fingerprint density at radius 1 is 0.593 bits per heavy atom. The van der Waals surface area contributed by atoms with Crippen molar-refractivity contribution in [1.29, 1.82) is 0 Å². The Labute approximate surface area is 319 Å². The van der Waals surface area contributed by atoms with Crippen LogP contribution in [-0.4, -0.2) is 0 Å². The smallest absolute Gasteiger partial charge is 0.0686 e. The van der Waals surface area contributed by atoms with Gasteiger partial charge in [0.1, 0.15) is 0 Å². The van der Waals surface area contributed by atoms with Crippen molar-refractivity contribution in [2.75, 3.05) is 4.90 Å². The topological polar surface area (TPSA) is 3.24 Å². The molecular formula is C53H43N. The van der Waals surface area contributed by atoms with Crippen LogP contribution in [0.4, 0.5) is 17.1 Å². The monoisotopic (exact) mass is 693 g/mol. The molecule has 0 saturated carbocycles. The molecule has 0 fully saturated rings. The maximum absolute atomic E-state index is 4.03. The second-order valence-corrected chi connectivity index (χ2v) is 15.6. The van der Waals surface area contributed by atoms with Gasteiger partial charge >= 0.3 is 0 Å². The summed E-state index contributed by atoms with van der Waals surface area (Å²) in [6, 6.07) is 52.3. The number of nitrogens with zero attached hydrogens (tertiary/aromatic N) is 1. The second kappa shape index (κ2) is 12.2. The molecule has 54 heavy (non-hydrogen) atoms. The zero-order valence-corrected chi connectivity index (χ0v) is 31.2. The highest BCUT2D eigenvalue weighted by atomic mass is 15.1. The zero-order chi connectivity index (χ0) is 36.6. The Kier molecular flexibility index (Phi) is 7.33. The summed E-state index contributed by atoms with van der Waals surface area (Å²) in [5.41, 5.74) is 21.8. The molecule has 0 unspecified atom stereocenters. The molecule has 6 aromatic carbocycles. The van der Waals surface area contributed by atoms with Gasteiger partial charge in [-0.1, -0.05) is 154 Å². The number of fused-ring (bicyclic) bond motifs is 9. The van der Waals surface area contributed by atoms with Crippen LogP contribution < -0.4 is 4.90 Å². The predicted molar refractivity (Wildman–Crippen MR) is 229 cm³/mol. The maximum Gasteiger partial charge on any atom is 0.0686 e. The number of benzene rings is 6. The highest BCUT2D eigenvalue weighted by Gasteiger charge is 2.51. The Morgan fingerprint density at radius 3 is 1.94 bits per heavy atom. The Morgan fingerprint density at radius 2 is 1.22 bits per heavy atom. The molecule has 0 radical (unpaired) electrons. The number of anilines is 3. The molecule has 4 aliphatic rings. The van der Waals surface area contributed by atoms with Gasteiger partial charge in [0.2, 0.25) is 0 Å². The number of allylic oxidation sites excluding steroid dienone is 9. The molecule has 0 saturated heterocycles. The van der Waals surface area contributed by atoms with Crippen LogP contribution in [0.5, 0.6) is 0 Å². The predicted octanol–water partition coefficient (Wildman–Crippen LogP) is 14.1. The fourth-order valence-corrected chi connectivity index (χ4v) is 10.2. The molecule has 0 N–H and O–H groups in total. The lowest BCUT2D eigenvalue weighted by Gasteiger charge is -2.33. The molecule has 0 heterocycles. The lowest BCUT2D eigenvalue weighted by molar-refractivity contribution is 0.651. The molecule has 6 aromatic rings. The van der Waals surface area contributed by atoms with Gasteiger partial charge in [0.15, 0.2) is 0 Å². The van der Waals surface area contributed by atoms with E-state index >= 15 is 0 Å². The van der Waals surface area contributed by atoms with Gasteiger partial charge in [-0.25, -0.2) is 0 Å². The summed E-state index contributed by atoms with van der Waals surface area (Å²) in [6.07, 6.45) is 13.2. The van der Waals surface area contributed by atoms with Gasteiger partial charge < -0.3 is 4.90 Å². The summed E-state index contributed by atoms with van der Waals surface area (Å²) in [5, 5.41) is 0. The standard InChI is InChI=1S/C53H43N/c1-5-6-21-41-35(2)53(48-26-14-11-23-43(48)44-24-12-15-27-49(44)53)51-34-40(28-30-45(41)51)54(38-20-16-19-37(32-38)36-17-8-7-9-18-36)39-29-31-46-42-22-10-13-25-47(42)52(3,4)50(46)33-39/h5-9,11-21,23-34H,1,10,22H2,2-4H3/b21-6-. The molecule has 1 spiro atoms. The SMILES string of the molecule is C=C/C=C\C1=C(C)C2(c3cc(N(c4cccc(-c5ccccc5)c4)c4ccc5c(c4)C(C)(C)C4=C5CCC=C4)ccc31)c1ccccc1-c1ccccc12. The van der Waals surface area contributed by atoms with E-state index in [2.05, 4.69) is 196 Å². The molecule has 4 aliphatic carbocycles. The third-order valence-corrected chi connectivity index (χ3v) is 12.6. The fraction of sp³-hybridized carbons (Fsp3) is 0.132. The fourth-order valence-electron chi connectivity index (χ4n) is 10.2. The summed E-state index contributed by atoms with van der Waals surface area (Å²) in [5.74, 6) is 0. The average Bonchev–Trinajstić information content (AvgIpc) is 3.75. The molecule has 10 rings (SSSR count). The summed E-state index contributed by atoms with van der Waals surface area (Å²) in [7, 11) is 0. The van der Waals surface area contributed by atoms with Crippen LogP contribution in [0, 0.1) is 0 Å². The van der Waals surface area contributed by atoms with Crippen molar-refractivity contribution in [1.82, 2.24) is 0 Å². The minimum absolute atomic E-state index is 0.0676. The zero-order valence-electron chi connectivity index (χ0n) is 31.2. The first-order valence-corrected chi connectivity index (χ1v) is 19.3. The normalized spacial score (nSPS) is 16.7. The van der Waals surface area contributed by atoms with Gasteiger partial charge in [-0.15, -0.1) is 0 Å². The van der Waals surface area contributed by atoms with Gasteiger partial charge in [0.25, 0.3) is 0 Å². The molecule has 0 aromatic heterocycles. The highest BCUT2D eigenvalue weighted by molar-refractivity contribution is 5.98. The van der Waals surface area contributed by atoms with Crippen LogP contribution in [0.15, 0.2) is 188 Å². The quantitative estimate of drug-likeness (QED) is 0.157. The Bertz CT molecular complexity index is 2610. The van der Waals surface area contributed by atoms with Crippen molar-refractivity contribution in [2.24, 2.45) is 0 Å². The van der Waals surface area contributed by atoms with Gasteiger partial charge in [0, 0.05) is 22.5 Å². The van der Waals surface area contributed by atoms with Gasteiger partial charge in [-0.3, -0.25) is 0 Å². The highest BCUT2D eigenvalue weighted by Crippen LogP contribution is 2.62. The number of hydrogen-bond donors (Lipinski definition) is 0. The van der Waals surface area contributed by atoms with Crippen LogP contribution >= 0.6 is 0 Å². The summed E-state index contributed by atoms with van der Waals surface area (Å²) < 4.78 is 0. The second-order valence-electron chi connectivity index (χ2n) is 15.6. The first kappa shape index (κ1) is 32.5. The van der Waals surface area contributed by atoms with E-state index in [9.17, 15) is 0 Å². The van der Waals surface area contributed by atoms with Crippen LogP contribution in [0.3, 0.4) is 0 Å². The van der Waals surface area contributed by atoms with Gasteiger partial charge in [-0.05, 0) is 134 Å². The third kappa shape index (κ3) is 4.51. The van der Waals surface area contributed by atoms with Crippen molar-refractivity contribution in [3.8, 4) is 22.3 Å². The van der Waals surface area contributed by atoms with E-state index in [1.165, 1.54) is 83.6 Å². The van der Waals surface area contributed by atoms with Crippen LogP contribution in [0.2, 0.25) is 0 Å². The van der Waals surface area contributed by atoms with Gasteiger partial charge in [-0.2, -0.15) is 0 Å². The van der Waals surface area contributed by atoms with Crippen LogP contribution in [0.1, 0.15) is 67.0 Å². The van der Waals surface area contributed by atoms with Crippen LogP contribution in [-0.2, 0) is 10.8 Å². The Hall–Kier alpha value is -6.18. The number of hydrogen-bond acceptors (Lipinski definition) is 1. The van der Waals surface area contributed by atoms with Crippen molar-refractivity contribution < 1.29 is 0 Å². The molecule has 1 nitrogen and oxygen atoms in total. The maximum atomic E-state index is 4.03. The minimum atomic E-state index is -0.411.